The molecule has 3 rings (SSSR count). The van der Waals surface area contributed by atoms with E-state index in [1.54, 1.807) is 0 Å². The third kappa shape index (κ3) is 2.72. The minimum absolute atomic E-state index is 0.111. The van der Waals surface area contributed by atoms with Gasteiger partial charge in [-0.15, -0.1) is 0 Å². The van der Waals surface area contributed by atoms with Gasteiger partial charge in [0.25, 0.3) is 0 Å². The molecule has 1 fully saturated rings. The molecular formula is C16H21NO3. The zero-order valence-electron chi connectivity index (χ0n) is 11.6. The highest BCUT2D eigenvalue weighted by molar-refractivity contribution is 5.77. The molecule has 2 atom stereocenters. The van der Waals surface area contributed by atoms with Crippen molar-refractivity contribution in [3.63, 3.8) is 0 Å². The molecule has 0 saturated carbocycles. The quantitative estimate of drug-likeness (QED) is 0.910. The summed E-state index contributed by atoms with van der Waals surface area (Å²) in [6.07, 6.45) is 2.14. The maximum absolute atomic E-state index is 12.3. The summed E-state index contributed by atoms with van der Waals surface area (Å²) in [4.78, 5) is 14.2. The van der Waals surface area contributed by atoms with Crippen molar-refractivity contribution in [2.45, 2.75) is 25.4 Å². The summed E-state index contributed by atoms with van der Waals surface area (Å²) < 4.78 is 5.79. The number of benzene rings is 1. The molecule has 2 aliphatic rings. The van der Waals surface area contributed by atoms with Gasteiger partial charge in [-0.25, -0.2) is 0 Å². The number of carbonyl (C=O) groups excluding carboxylic acids is 1. The fraction of sp³-hybridized carbons (Fsp3) is 0.562. The van der Waals surface area contributed by atoms with Crippen molar-refractivity contribution in [3.8, 4) is 0 Å². The van der Waals surface area contributed by atoms with E-state index in [1.807, 2.05) is 17.0 Å². The Morgan fingerprint density at radius 3 is 3.05 bits per heavy atom. The van der Waals surface area contributed by atoms with Gasteiger partial charge in [-0.1, -0.05) is 24.3 Å². The standard InChI is InChI=1S/C16H21NO3/c18-11-12-5-7-17(10-12)16(19)9-15-14-4-2-1-3-13(14)6-8-20-15/h1-4,12,15,18H,5-11H2. The van der Waals surface area contributed by atoms with E-state index in [9.17, 15) is 4.79 Å². The van der Waals surface area contributed by atoms with Crippen LogP contribution in [0.15, 0.2) is 24.3 Å². The van der Waals surface area contributed by atoms with Crippen molar-refractivity contribution in [3.05, 3.63) is 35.4 Å². The molecule has 1 saturated heterocycles. The fourth-order valence-electron chi connectivity index (χ4n) is 3.14. The first-order chi connectivity index (χ1) is 9.78. The number of rotatable bonds is 3. The Morgan fingerprint density at radius 2 is 2.25 bits per heavy atom. The number of hydrogen-bond acceptors (Lipinski definition) is 3. The third-order valence-electron chi connectivity index (χ3n) is 4.35. The number of ether oxygens (including phenoxy) is 1. The van der Waals surface area contributed by atoms with E-state index in [2.05, 4.69) is 12.1 Å². The van der Waals surface area contributed by atoms with Gasteiger partial charge in [0.15, 0.2) is 0 Å². The molecule has 1 aromatic rings. The van der Waals surface area contributed by atoms with Crippen molar-refractivity contribution in [2.75, 3.05) is 26.3 Å². The summed E-state index contributed by atoms with van der Waals surface area (Å²) in [6.45, 7) is 2.31. The molecule has 4 heteroatoms. The fourth-order valence-corrected chi connectivity index (χ4v) is 3.14. The van der Waals surface area contributed by atoms with E-state index < -0.39 is 0 Å². The van der Waals surface area contributed by atoms with Crippen LogP contribution in [0.3, 0.4) is 0 Å². The second-order valence-corrected chi connectivity index (χ2v) is 5.69. The molecule has 2 heterocycles. The average Bonchev–Trinajstić information content (AvgIpc) is 2.97. The molecule has 1 N–H and O–H groups in total. The first-order valence-electron chi connectivity index (χ1n) is 7.36. The van der Waals surface area contributed by atoms with Gasteiger partial charge in [0.2, 0.25) is 5.91 Å². The maximum atomic E-state index is 12.3. The van der Waals surface area contributed by atoms with Crippen LogP contribution in [0.25, 0.3) is 0 Å². The summed E-state index contributed by atoms with van der Waals surface area (Å²) >= 11 is 0. The number of aliphatic hydroxyl groups excluding tert-OH is 1. The molecule has 4 nitrogen and oxygen atoms in total. The molecule has 108 valence electrons. The second kappa shape index (κ2) is 5.94. The topological polar surface area (TPSA) is 49.8 Å². The Hall–Kier alpha value is -1.39. The summed E-state index contributed by atoms with van der Waals surface area (Å²) in [6, 6.07) is 8.22. The lowest BCUT2D eigenvalue weighted by atomic mass is 9.95. The Balaban J connectivity index is 1.65. The zero-order valence-corrected chi connectivity index (χ0v) is 11.6. The van der Waals surface area contributed by atoms with Gasteiger partial charge in [-0.3, -0.25) is 4.79 Å². The van der Waals surface area contributed by atoms with Gasteiger partial charge in [0.05, 0.1) is 19.1 Å². The predicted octanol–water partition coefficient (Wildman–Crippen LogP) is 1.53. The summed E-state index contributed by atoms with van der Waals surface area (Å²) in [5.41, 5.74) is 2.45. The van der Waals surface area contributed by atoms with Crippen molar-refractivity contribution >= 4 is 5.91 Å². The van der Waals surface area contributed by atoms with Crippen molar-refractivity contribution in [1.29, 1.82) is 0 Å². The highest BCUT2D eigenvalue weighted by Crippen LogP contribution is 2.30. The molecule has 0 aliphatic carbocycles. The monoisotopic (exact) mass is 275 g/mol. The molecule has 2 aliphatic heterocycles. The highest BCUT2D eigenvalue weighted by Gasteiger charge is 2.29. The van der Waals surface area contributed by atoms with E-state index in [0.29, 0.717) is 19.6 Å². The minimum Gasteiger partial charge on any atom is -0.396 e. The Bertz CT molecular complexity index is 488. The molecule has 0 spiro atoms. The van der Waals surface area contributed by atoms with Crippen molar-refractivity contribution in [2.24, 2.45) is 5.92 Å². The second-order valence-electron chi connectivity index (χ2n) is 5.69. The number of hydrogen-bond donors (Lipinski definition) is 1. The van der Waals surface area contributed by atoms with Crippen LogP contribution in [-0.2, 0) is 16.0 Å². The van der Waals surface area contributed by atoms with Gasteiger partial charge in [-0.2, -0.15) is 0 Å². The van der Waals surface area contributed by atoms with Gasteiger partial charge >= 0.3 is 0 Å². The normalized spacial score (nSPS) is 25.6. The lowest BCUT2D eigenvalue weighted by Gasteiger charge is -2.27. The third-order valence-corrected chi connectivity index (χ3v) is 4.35. The van der Waals surface area contributed by atoms with Crippen LogP contribution < -0.4 is 0 Å². The molecule has 0 radical (unpaired) electrons. The van der Waals surface area contributed by atoms with Crippen molar-refractivity contribution in [1.82, 2.24) is 4.90 Å². The summed E-state index contributed by atoms with van der Waals surface area (Å²) in [5, 5.41) is 9.15. The molecule has 0 aromatic heterocycles. The van der Waals surface area contributed by atoms with Gasteiger partial charge < -0.3 is 14.7 Å². The van der Waals surface area contributed by atoms with E-state index in [0.717, 1.165) is 24.9 Å². The lowest BCUT2D eigenvalue weighted by Crippen LogP contribution is -2.31. The van der Waals surface area contributed by atoms with Crippen LogP contribution in [0.2, 0.25) is 0 Å². The van der Waals surface area contributed by atoms with Crippen LogP contribution in [-0.4, -0.2) is 42.2 Å². The molecule has 20 heavy (non-hydrogen) atoms. The summed E-state index contributed by atoms with van der Waals surface area (Å²) in [5.74, 6) is 0.390. The Kier molecular flexibility index (Phi) is 4.03. The van der Waals surface area contributed by atoms with E-state index in [1.165, 1.54) is 5.56 Å². The van der Waals surface area contributed by atoms with Crippen molar-refractivity contribution < 1.29 is 14.6 Å². The highest BCUT2D eigenvalue weighted by atomic mass is 16.5. The van der Waals surface area contributed by atoms with Crippen LogP contribution in [0, 0.1) is 5.92 Å². The van der Waals surface area contributed by atoms with E-state index >= 15 is 0 Å². The maximum Gasteiger partial charge on any atom is 0.225 e. The average molecular weight is 275 g/mol. The summed E-state index contributed by atoms with van der Waals surface area (Å²) in [7, 11) is 0. The van der Waals surface area contributed by atoms with Crippen LogP contribution in [0.5, 0.6) is 0 Å². The van der Waals surface area contributed by atoms with E-state index in [4.69, 9.17) is 9.84 Å². The number of carbonyl (C=O) groups is 1. The number of amides is 1. The van der Waals surface area contributed by atoms with Crippen LogP contribution in [0.1, 0.15) is 30.1 Å². The Morgan fingerprint density at radius 1 is 1.40 bits per heavy atom. The number of fused-ring (bicyclic) bond motifs is 1. The largest absolute Gasteiger partial charge is 0.396 e. The van der Waals surface area contributed by atoms with E-state index in [-0.39, 0.29) is 24.5 Å². The predicted molar refractivity (Wildman–Crippen MR) is 75.2 cm³/mol. The van der Waals surface area contributed by atoms with Gasteiger partial charge in [-0.05, 0) is 24.0 Å². The Labute approximate surface area is 119 Å². The number of aliphatic hydroxyl groups is 1. The first kappa shape index (κ1) is 13.6. The zero-order chi connectivity index (χ0) is 13.9. The molecule has 2 unspecified atom stereocenters. The van der Waals surface area contributed by atoms with Crippen LogP contribution >= 0.6 is 0 Å². The molecular weight excluding hydrogens is 254 g/mol. The minimum atomic E-state index is -0.111. The van der Waals surface area contributed by atoms with Gasteiger partial charge in [0.1, 0.15) is 0 Å². The lowest BCUT2D eigenvalue weighted by molar-refractivity contribution is -0.133. The molecule has 1 aromatic carbocycles. The number of nitrogens with zero attached hydrogens (tertiary/aromatic N) is 1. The SMILES string of the molecule is O=C(CC1OCCc2ccccc21)N1CCC(CO)C1. The molecule has 1 amide bonds. The van der Waals surface area contributed by atoms with Crippen LogP contribution in [0.4, 0.5) is 0 Å². The first-order valence-corrected chi connectivity index (χ1v) is 7.36. The smallest absolute Gasteiger partial charge is 0.225 e. The molecule has 0 bridgehead atoms. The number of likely N-dealkylation sites (tertiary alicyclic amines) is 1. The van der Waals surface area contributed by atoms with Gasteiger partial charge in [0, 0.05) is 25.6 Å².